The second kappa shape index (κ2) is 5.40. The number of esters is 2. The van der Waals surface area contributed by atoms with Gasteiger partial charge in [0.2, 0.25) is 11.4 Å². The standard InChI is InChI=1S/C12H17NO5S/c1-3-17-10(15)12(11(16)18-4-2)5-6-19-9-7-8(14)13(9)12/h9H,3-7H2,1-2H3/t9-/m1/s1. The highest BCUT2D eigenvalue weighted by Crippen LogP contribution is 2.44. The smallest absolute Gasteiger partial charge is 0.343 e. The molecule has 1 amide bonds. The van der Waals surface area contributed by atoms with Crippen LogP contribution < -0.4 is 0 Å². The molecule has 0 aromatic rings. The van der Waals surface area contributed by atoms with Gasteiger partial charge in [-0.3, -0.25) is 4.79 Å². The number of nitrogens with zero attached hydrogens (tertiary/aromatic N) is 1. The van der Waals surface area contributed by atoms with Gasteiger partial charge in [-0.1, -0.05) is 0 Å². The quantitative estimate of drug-likeness (QED) is 0.427. The number of amides is 1. The maximum atomic E-state index is 12.2. The minimum Gasteiger partial charge on any atom is -0.464 e. The molecule has 0 bridgehead atoms. The van der Waals surface area contributed by atoms with Gasteiger partial charge in [0.15, 0.2) is 0 Å². The van der Waals surface area contributed by atoms with Crippen LogP contribution in [0.25, 0.3) is 0 Å². The Morgan fingerprint density at radius 3 is 2.37 bits per heavy atom. The van der Waals surface area contributed by atoms with Crippen molar-refractivity contribution in [3.05, 3.63) is 0 Å². The van der Waals surface area contributed by atoms with Crippen LogP contribution >= 0.6 is 11.8 Å². The van der Waals surface area contributed by atoms with Gasteiger partial charge in [-0.25, -0.2) is 9.59 Å². The molecular formula is C12H17NO5S. The summed E-state index contributed by atoms with van der Waals surface area (Å²) in [7, 11) is 0. The van der Waals surface area contributed by atoms with E-state index in [-0.39, 0.29) is 30.9 Å². The Kier molecular flexibility index (Phi) is 4.03. The summed E-state index contributed by atoms with van der Waals surface area (Å²) in [6.45, 7) is 3.67. The molecule has 6 nitrogen and oxygen atoms in total. The van der Waals surface area contributed by atoms with E-state index in [0.717, 1.165) is 0 Å². The van der Waals surface area contributed by atoms with E-state index in [1.165, 1.54) is 4.90 Å². The highest BCUT2D eigenvalue weighted by Gasteiger charge is 2.63. The second-order valence-electron chi connectivity index (χ2n) is 4.34. The number of carbonyl (C=O) groups excluding carboxylic acids is 3. The Balaban J connectivity index is 2.34. The second-order valence-corrected chi connectivity index (χ2v) is 5.63. The monoisotopic (exact) mass is 287 g/mol. The summed E-state index contributed by atoms with van der Waals surface area (Å²) in [6.07, 6.45) is 0.614. The van der Waals surface area contributed by atoms with Gasteiger partial charge < -0.3 is 14.4 Å². The Bertz CT molecular complexity index is 393. The van der Waals surface area contributed by atoms with Crippen LogP contribution in [0.2, 0.25) is 0 Å². The van der Waals surface area contributed by atoms with E-state index in [4.69, 9.17) is 9.47 Å². The largest absolute Gasteiger partial charge is 0.464 e. The lowest BCUT2D eigenvalue weighted by Gasteiger charge is -2.52. The van der Waals surface area contributed by atoms with E-state index in [9.17, 15) is 14.4 Å². The van der Waals surface area contributed by atoms with E-state index < -0.39 is 17.5 Å². The molecule has 0 radical (unpaired) electrons. The van der Waals surface area contributed by atoms with Gasteiger partial charge >= 0.3 is 11.9 Å². The predicted octanol–water partition coefficient (Wildman–Crippen LogP) is 0.547. The molecule has 2 rings (SSSR count). The van der Waals surface area contributed by atoms with Crippen LogP contribution in [0, 0.1) is 0 Å². The van der Waals surface area contributed by atoms with Crippen molar-refractivity contribution in [1.82, 2.24) is 4.90 Å². The Hall–Kier alpha value is -1.24. The molecule has 1 atom stereocenters. The first kappa shape index (κ1) is 14.2. The average molecular weight is 287 g/mol. The first-order valence-corrected chi connectivity index (χ1v) is 7.41. The van der Waals surface area contributed by atoms with Crippen molar-refractivity contribution in [1.29, 1.82) is 0 Å². The Morgan fingerprint density at radius 2 is 1.89 bits per heavy atom. The van der Waals surface area contributed by atoms with Crippen molar-refractivity contribution in [2.75, 3.05) is 19.0 Å². The number of fused-ring (bicyclic) bond motifs is 1. The molecule has 0 spiro atoms. The molecule has 0 aromatic carbocycles. The fourth-order valence-electron chi connectivity index (χ4n) is 2.43. The minimum atomic E-state index is -1.57. The highest BCUT2D eigenvalue weighted by molar-refractivity contribution is 8.00. The van der Waals surface area contributed by atoms with Gasteiger partial charge in [-0.2, -0.15) is 0 Å². The molecule has 106 valence electrons. The Labute approximate surface area is 115 Å². The van der Waals surface area contributed by atoms with Crippen LogP contribution in [0.1, 0.15) is 26.7 Å². The van der Waals surface area contributed by atoms with Crippen LogP contribution in [0.5, 0.6) is 0 Å². The Morgan fingerprint density at radius 1 is 1.32 bits per heavy atom. The first-order chi connectivity index (χ1) is 9.07. The maximum Gasteiger partial charge on any atom is 0.343 e. The van der Waals surface area contributed by atoms with Crippen LogP contribution in [0.4, 0.5) is 0 Å². The molecule has 2 fully saturated rings. The van der Waals surface area contributed by atoms with Crippen molar-refractivity contribution in [3.63, 3.8) is 0 Å². The lowest BCUT2D eigenvalue weighted by atomic mass is 9.89. The van der Waals surface area contributed by atoms with Crippen molar-refractivity contribution in [3.8, 4) is 0 Å². The summed E-state index contributed by atoms with van der Waals surface area (Å²) >= 11 is 1.58. The minimum absolute atomic E-state index is 0.116. The van der Waals surface area contributed by atoms with Crippen LogP contribution in [-0.2, 0) is 23.9 Å². The summed E-state index contributed by atoms with van der Waals surface area (Å²) < 4.78 is 10.0. The van der Waals surface area contributed by atoms with E-state index in [1.54, 1.807) is 25.6 Å². The third-order valence-electron chi connectivity index (χ3n) is 3.32. The molecule has 2 aliphatic heterocycles. The number of rotatable bonds is 4. The van der Waals surface area contributed by atoms with Crippen molar-refractivity contribution >= 4 is 29.6 Å². The topological polar surface area (TPSA) is 72.9 Å². The predicted molar refractivity (Wildman–Crippen MR) is 68.3 cm³/mol. The fraction of sp³-hybridized carbons (Fsp3) is 0.750. The maximum absolute atomic E-state index is 12.2. The summed E-state index contributed by atoms with van der Waals surface area (Å²) in [4.78, 5) is 37.6. The van der Waals surface area contributed by atoms with E-state index in [2.05, 4.69) is 0 Å². The third kappa shape index (κ3) is 2.09. The molecule has 2 heterocycles. The van der Waals surface area contributed by atoms with E-state index in [0.29, 0.717) is 12.2 Å². The lowest BCUT2D eigenvalue weighted by Crippen LogP contribution is -2.72. The van der Waals surface area contributed by atoms with Gasteiger partial charge in [0.25, 0.3) is 0 Å². The molecule has 0 saturated carbocycles. The molecule has 0 aromatic heterocycles. The number of hydrogen-bond donors (Lipinski definition) is 0. The van der Waals surface area contributed by atoms with Crippen molar-refractivity contribution in [2.24, 2.45) is 0 Å². The van der Waals surface area contributed by atoms with Gasteiger partial charge in [-0.15, -0.1) is 11.8 Å². The van der Waals surface area contributed by atoms with Crippen LogP contribution in [-0.4, -0.2) is 52.6 Å². The van der Waals surface area contributed by atoms with Crippen LogP contribution in [0.3, 0.4) is 0 Å². The molecular weight excluding hydrogens is 270 g/mol. The molecule has 0 unspecified atom stereocenters. The lowest BCUT2D eigenvalue weighted by molar-refractivity contribution is -0.187. The first-order valence-electron chi connectivity index (χ1n) is 6.36. The zero-order chi connectivity index (χ0) is 14.0. The van der Waals surface area contributed by atoms with E-state index >= 15 is 0 Å². The summed E-state index contributed by atoms with van der Waals surface area (Å²) in [6, 6.07) is 0. The normalized spacial score (nSPS) is 24.2. The molecule has 2 aliphatic rings. The average Bonchev–Trinajstić information content (AvgIpc) is 2.37. The summed E-state index contributed by atoms with van der Waals surface area (Å²) in [5.74, 6) is -0.914. The summed E-state index contributed by atoms with van der Waals surface area (Å²) in [5, 5.41) is -0.116. The number of carbonyl (C=O) groups is 3. The number of thioether (sulfide) groups is 1. The molecule has 0 N–H and O–H groups in total. The zero-order valence-electron chi connectivity index (χ0n) is 11.0. The molecule has 19 heavy (non-hydrogen) atoms. The fourth-order valence-corrected chi connectivity index (χ4v) is 3.82. The van der Waals surface area contributed by atoms with Crippen LogP contribution in [0.15, 0.2) is 0 Å². The van der Waals surface area contributed by atoms with Gasteiger partial charge in [-0.05, 0) is 19.6 Å². The van der Waals surface area contributed by atoms with Gasteiger partial charge in [0, 0.05) is 6.42 Å². The van der Waals surface area contributed by atoms with Crippen molar-refractivity contribution < 1.29 is 23.9 Å². The summed E-state index contributed by atoms with van der Waals surface area (Å²) in [5.41, 5.74) is -1.57. The van der Waals surface area contributed by atoms with E-state index in [1.807, 2.05) is 0 Å². The number of β-lactam (4-membered cyclic amide) rings is 1. The zero-order valence-corrected chi connectivity index (χ0v) is 11.8. The SMILES string of the molecule is CCOC(=O)C1(C(=O)OCC)CCS[C@@H]2CC(=O)N21. The third-order valence-corrected chi connectivity index (χ3v) is 4.52. The van der Waals surface area contributed by atoms with Crippen molar-refractivity contribution in [2.45, 2.75) is 37.6 Å². The molecule has 7 heteroatoms. The van der Waals surface area contributed by atoms with Gasteiger partial charge in [0.1, 0.15) is 0 Å². The molecule has 0 aliphatic carbocycles. The molecule has 2 saturated heterocycles. The highest BCUT2D eigenvalue weighted by atomic mass is 32.2. The number of ether oxygens (including phenoxy) is 2. The number of hydrogen-bond acceptors (Lipinski definition) is 6. The van der Waals surface area contributed by atoms with Gasteiger partial charge in [0.05, 0.1) is 25.0 Å².